The Morgan fingerprint density at radius 1 is 1.21 bits per heavy atom. The molecule has 0 atom stereocenters. The third-order valence-corrected chi connectivity index (χ3v) is 4.25. The number of aliphatic hydroxyl groups is 1. The molecule has 1 aliphatic heterocycles. The first-order valence-corrected chi connectivity index (χ1v) is 7.24. The van der Waals surface area contributed by atoms with Crippen LogP contribution in [0.3, 0.4) is 0 Å². The van der Waals surface area contributed by atoms with Crippen LogP contribution in [0, 0.1) is 6.92 Å². The maximum absolute atomic E-state index is 9.80. The van der Waals surface area contributed by atoms with Crippen LogP contribution in [0.4, 0.5) is 5.69 Å². The van der Waals surface area contributed by atoms with Gasteiger partial charge in [0.25, 0.3) is 0 Å². The predicted octanol–water partition coefficient (Wildman–Crippen LogP) is 2.64. The van der Waals surface area contributed by atoms with E-state index in [1.54, 1.807) is 0 Å². The first kappa shape index (κ1) is 14.4. The van der Waals surface area contributed by atoms with Gasteiger partial charge in [0.2, 0.25) is 0 Å². The van der Waals surface area contributed by atoms with Gasteiger partial charge in [0, 0.05) is 24.8 Å². The molecule has 0 aliphatic carbocycles. The average Bonchev–Trinajstić information content (AvgIpc) is 2.42. The van der Waals surface area contributed by atoms with Crippen LogP contribution >= 0.6 is 0 Å². The van der Waals surface area contributed by atoms with Crippen LogP contribution in [0.15, 0.2) is 24.3 Å². The summed E-state index contributed by atoms with van der Waals surface area (Å²) in [7, 11) is 0. The SMILES string of the molecule is Cc1ccc(NC2(CO)CCN(C(C)C)CC2)cc1. The molecule has 3 nitrogen and oxygen atoms in total. The number of nitrogens with one attached hydrogen (secondary N) is 1. The molecule has 0 saturated carbocycles. The molecular weight excluding hydrogens is 236 g/mol. The summed E-state index contributed by atoms with van der Waals surface area (Å²) in [6.07, 6.45) is 1.99. The zero-order chi connectivity index (χ0) is 13.9. The van der Waals surface area contributed by atoms with Gasteiger partial charge in [0.1, 0.15) is 0 Å². The van der Waals surface area contributed by atoms with Crippen molar-refractivity contribution in [1.29, 1.82) is 0 Å². The van der Waals surface area contributed by atoms with Crippen LogP contribution in [-0.4, -0.2) is 41.3 Å². The highest BCUT2D eigenvalue weighted by Gasteiger charge is 2.34. The number of piperidine rings is 1. The quantitative estimate of drug-likeness (QED) is 0.875. The number of hydrogen-bond donors (Lipinski definition) is 2. The van der Waals surface area contributed by atoms with Crippen molar-refractivity contribution in [2.75, 3.05) is 25.0 Å². The van der Waals surface area contributed by atoms with Gasteiger partial charge in [0.15, 0.2) is 0 Å². The number of aryl methyl sites for hydroxylation is 1. The minimum Gasteiger partial charge on any atom is -0.394 e. The molecule has 0 radical (unpaired) electrons. The third kappa shape index (κ3) is 3.48. The Balaban J connectivity index is 2.02. The van der Waals surface area contributed by atoms with Crippen LogP contribution in [0.5, 0.6) is 0 Å². The summed E-state index contributed by atoms with van der Waals surface area (Å²) in [6, 6.07) is 9.01. The predicted molar refractivity (Wildman–Crippen MR) is 80.6 cm³/mol. The van der Waals surface area contributed by atoms with E-state index in [1.807, 2.05) is 0 Å². The molecule has 19 heavy (non-hydrogen) atoms. The fraction of sp³-hybridized carbons (Fsp3) is 0.625. The lowest BCUT2D eigenvalue weighted by Crippen LogP contribution is -2.53. The van der Waals surface area contributed by atoms with Crippen LogP contribution in [-0.2, 0) is 0 Å². The maximum atomic E-state index is 9.80. The van der Waals surface area contributed by atoms with E-state index in [1.165, 1.54) is 5.56 Å². The molecule has 1 fully saturated rings. The lowest BCUT2D eigenvalue weighted by atomic mass is 9.87. The van der Waals surface area contributed by atoms with Gasteiger partial charge in [-0.2, -0.15) is 0 Å². The Kier molecular flexibility index (Phi) is 4.48. The lowest BCUT2D eigenvalue weighted by molar-refractivity contribution is 0.101. The second-order valence-electron chi connectivity index (χ2n) is 6.06. The summed E-state index contributed by atoms with van der Waals surface area (Å²) < 4.78 is 0. The smallest absolute Gasteiger partial charge is 0.0662 e. The molecular formula is C16H26N2O. The van der Waals surface area contributed by atoms with Gasteiger partial charge in [-0.3, -0.25) is 0 Å². The first-order valence-electron chi connectivity index (χ1n) is 7.24. The molecule has 0 bridgehead atoms. The fourth-order valence-electron chi connectivity index (χ4n) is 2.73. The number of hydrogen-bond acceptors (Lipinski definition) is 3. The van der Waals surface area contributed by atoms with E-state index >= 15 is 0 Å². The van der Waals surface area contributed by atoms with Crippen LogP contribution in [0.2, 0.25) is 0 Å². The normalized spacial score (nSPS) is 19.6. The van der Waals surface area contributed by atoms with Crippen molar-refractivity contribution in [3.8, 4) is 0 Å². The second kappa shape index (κ2) is 5.93. The van der Waals surface area contributed by atoms with E-state index in [4.69, 9.17) is 0 Å². The molecule has 0 spiro atoms. The van der Waals surface area contributed by atoms with Gasteiger partial charge in [-0.15, -0.1) is 0 Å². The number of nitrogens with zero attached hydrogens (tertiary/aromatic N) is 1. The average molecular weight is 262 g/mol. The molecule has 2 N–H and O–H groups in total. The minimum absolute atomic E-state index is 0.152. The van der Waals surface area contributed by atoms with Gasteiger partial charge in [0.05, 0.1) is 12.1 Å². The zero-order valence-corrected chi connectivity index (χ0v) is 12.3. The molecule has 1 aromatic rings. The van der Waals surface area contributed by atoms with Gasteiger partial charge in [-0.25, -0.2) is 0 Å². The van der Waals surface area contributed by atoms with Crippen molar-refractivity contribution in [3.63, 3.8) is 0 Å². The highest BCUT2D eigenvalue weighted by Crippen LogP contribution is 2.27. The molecule has 106 valence electrons. The Bertz CT molecular complexity index is 392. The number of benzene rings is 1. The molecule has 0 amide bonds. The lowest BCUT2D eigenvalue weighted by Gasteiger charge is -2.43. The second-order valence-corrected chi connectivity index (χ2v) is 6.06. The van der Waals surface area contributed by atoms with E-state index in [2.05, 4.69) is 55.3 Å². The molecule has 3 heteroatoms. The van der Waals surface area contributed by atoms with E-state index in [0.717, 1.165) is 31.6 Å². The van der Waals surface area contributed by atoms with Crippen LogP contribution < -0.4 is 5.32 Å². The van der Waals surface area contributed by atoms with Crippen molar-refractivity contribution < 1.29 is 5.11 Å². The summed E-state index contributed by atoms with van der Waals surface area (Å²) in [5.41, 5.74) is 2.22. The molecule has 1 aliphatic rings. The highest BCUT2D eigenvalue weighted by molar-refractivity contribution is 5.47. The third-order valence-electron chi connectivity index (χ3n) is 4.25. The van der Waals surface area contributed by atoms with Crippen molar-refractivity contribution in [1.82, 2.24) is 4.90 Å². The molecule has 1 aromatic carbocycles. The van der Waals surface area contributed by atoms with Gasteiger partial charge < -0.3 is 15.3 Å². The monoisotopic (exact) mass is 262 g/mol. The van der Waals surface area contributed by atoms with E-state index in [0.29, 0.717) is 6.04 Å². The molecule has 0 aromatic heterocycles. The number of anilines is 1. The zero-order valence-electron chi connectivity index (χ0n) is 12.3. The standard InChI is InChI=1S/C16H26N2O/c1-13(2)18-10-8-16(12-19,9-11-18)17-15-6-4-14(3)5-7-15/h4-7,13,17,19H,8-12H2,1-3H3. The van der Waals surface area contributed by atoms with Crippen LogP contribution in [0.25, 0.3) is 0 Å². The van der Waals surface area contributed by atoms with Gasteiger partial charge in [-0.05, 0) is 45.7 Å². The summed E-state index contributed by atoms with van der Waals surface area (Å²) in [5, 5.41) is 13.4. The van der Waals surface area contributed by atoms with E-state index < -0.39 is 0 Å². The summed E-state index contributed by atoms with van der Waals surface area (Å²) in [6.45, 7) is 8.87. The number of likely N-dealkylation sites (tertiary alicyclic amines) is 1. The highest BCUT2D eigenvalue weighted by atomic mass is 16.3. The van der Waals surface area contributed by atoms with Crippen LogP contribution in [0.1, 0.15) is 32.3 Å². The minimum atomic E-state index is -0.152. The Morgan fingerprint density at radius 2 is 1.79 bits per heavy atom. The Labute approximate surface area is 116 Å². The van der Waals surface area contributed by atoms with Gasteiger partial charge in [-0.1, -0.05) is 17.7 Å². The van der Waals surface area contributed by atoms with Gasteiger partial charge >= 0.3 is 0 Å². The fourth-order valence-corrected chi connectivity index (χ4v) is 2.73. The van der Waals surface area contributed by atoms with Crippen molar-refractivity contribution in [2.45, 2.75) is 45.2 Å². The summed E-state index contributed by atoms with van der Waals surface area (Å²) in [5.74, 6) is 0. The molecule has 0 unspecified atom stereocenters. The van der Waals surface area contributed by atoms with Crippen molar-refractivity contribution in [3.05, 3.63) is 29.8 Å². The molecule has 2 rings (SSSR count). The maximum Gasteiger partial charge on any atom is 0.0662 e. The topological polar surface area (TPSA) is 35.5 Å². The Hall–Kier alpha value is -1.06. The van der Waals surface area contributed by atoms with Crippen molar-refractivity contribution in [2.24, 2.45) is 0 Å². The number of rotatable bonds is 4. The largest absolute Gasteiger partial charge is 0.394 e. The van der Waals surface area contributed by atoms with Crippen molar-refractivity contribution >= 4 is 5.69 Å². The molecule has 1 saturated heterocycles. The summed E-state index contributed by atoms with van der Waals surface area (Å²) >= 11 is 0. The van der Waals surface area contributed by atoms with E-state index in [-0.39, 0.29) is 12.1 Å². The first-order chi connectivity index (χ1) is 9.04. The molecule has 1 heterocycles. The Morgan fingerprint density at radius 3 is 2.26 bits per heavy atom. The van der Waals surface area contributed by atoms with E-state index in [9.17, 15) is 5.11 Å². The summed E-state index contributed by atoms with van der Waals surface area (Å²) in [4.78, 5) is 2.48. The number of aliphatic hydroxyl groups excluding tert-OH is 1.